The second-order valence-corrected chi connectivity index (χ2v) is 6.06. The summed E-state index contributed by atoms with van der Waals surface area (Å²) in [7, 11) is 0. The number of halogens is 1. The molecule has 0 spiro atoms. The van der Waals surface area contributed by atoms with Gasteiger partial charge in [-0.1, -0.05) is 73.1 Å². The van der Waals surface area contributed by atoms with E-state index < -0.39 is 0 Å². The summed E-state index contributed by atoms with van der Waals surface area (Å²) in [6.07, 6.45) is 0.896. The number of allylic oxidation sites excluding steroid dienone is 1. The molecule has 0 fully saturated rings. The van der Waals surface area contributed by atoms with Crippen LogP contribution in [0.5, 0.6) is 5.75 Å². The van der Waals surface area contributed by atoms with Crippen molar-refractivity contribution in [1.29, 1.82) is 0 Å². The number of aromatic hydroxyl groups is 1. The monoisotopic (exact) mass is 334 g/mol. The van der Waals surface area contributed by atoms with Crippen LogP contribution in [-0.4, -0.2) is 5.11 Å². The van der Waals surface area contributed by atoms with Crippen molar-refractivity contribution in [2.75, 3.05) is 0 Å². The lowest BCUT2D eigenvalue weighted by molar-refractivity contribution is 0.475. The van der Waals surface area contributed by atoms with Gasteiger partial charge in [0.05, 0.1) is 0 Å². The van der Waals surface area contributed by atoms with Crippen LogP contribution in [0.4, 0.5) is 0 Å². The zero-order chi connectivity index (χ0) is 16.9. The molecule has 3 aromatic rings. The molecule has 0 aliphatic rings. The van der Waals surface area contributed by atoms with Crippen molar-refractivity contribution in [2.24, 2.45) is 0 Å². The number of hydrogen-bond donors (Lipinski definition) is 1. The molecule has 3 rings (SSSR count). The quantitative estimate of drug-likeness (QED) is 0.546. The van der Waals surface area contributed by atoms with Crippen LogP contribution in [-0.2, 0) is 0 Å². The van der Waals surface area contributed by atoms with Crippen LogP contribution in [0.3, 0.4) is 0 Å². The van der Waals surface area contributed by atoms with E-state index in [1.54, 1.807) is 12.1 Å². The van der Waals surface area contributed by atoms with Crippen molar-refractivity contribution in [3.8, 4) is 5.75 Å². The summed E-state index contributed by atoms with van der Waals surface area (Å²) in [4.78, 5) is 0. The average Bonchev–Trinajstić information content (AvgIpc) is 2.62. The van der Waals surface area contributed by atoms with Gasteiger partial charge in [-0.05, 0) is 58.5 Å². The summed E-state index contributed by atoms with van der Waals surface area (Å²) >= 11 is 6.05. The molecule has 0 atom stereocenters. The number of rotatable bonds is 4. The molecule has 0 saturated carbocycles. The van der Waals surface area contributed by atoms with Crippen molar-refractivity contribution < 1.29 is 5.11 Å². The zero-order valence-electron chi connectivity index (χ0n) is 13.5. The van der Waals surface area contributed by atoms with Gasteiger partial charge in [0.2, 0.25) is 0 Å². The first kappa shape index (κ1) is 16.4. The smallest absolute Gasteiger partial charge is 0.115 e. The van der Waals surface area contributed by atoms with Gasteiger partial charge in [-0.2, -0.15) is 0 Å². The van der Waals surface area contributed by atoms with Crippen LogP contribution in [0, 0.1) is 0 Å². The summed E-state index contributed by atoms with van der Waals surface area (Å²) in [6.45, 7) is 2.16. The van der Waals surface area contributed by atoms with E-state index in [0.717, 1.165) is 28.1 Å². The molecule has 3 aromatic carbocycles. The Bertz CT molecular complexity index is 831. The molecule has 0 aromatic heterocycles. The minimum absolute atomic E-state index is 0.274. The summed E-state index contributed by atoms with van der Waals surface area (Å²) in [5, 5.41) is 10.4. The lowest BCUT2D eigenvalue weighted by Crippen LogP contribution is -1.94. The fraction of sp³-hybridized carbons (Fsp3) is 0.0909. The van der Waals surface area contributed by atoms with Gasteiger partial charge < -0.3 is 5.11 Å². The highest BCUT2D eigenvalue weighted by Crippen LogP contribution is 2.35. The van der Waals surface area contributed by atoms with Crippen LogP contribution in [0.15, 0.2) is 78.9 Å². The topological polar surface area (TPSA) is 20.2 Å². The molecule has 0 bridgehead atoms. The van der Waals surface area contributed by atoms with E-state index in [-0.39, 0.29) is 5.75 Å². The van der Waals surface area contributed by atoms with E-state index in [9.17, 15) is 5.11 Å². The van der Waals surface area contributed by atoms with Crippen LogP contribution in [0.2, 0.25) is 5.02 Å². The van der Waals surface area contributed by atoms with E-state index in [2.05, 4.69) is 31.2 Å². The molecular formula is C22H19ClO. The number of phenols is 1. The molecule has 24 heavy (non-hydrogen) atoms. The van der Waals surface area contributed by atoms with Crippen molar-refractivity contribution in [1.82, 2.24) is 0 Å². The molecule has 0 amide bonds. The number of hydrogen-bond acceptors (Lipinski definition) is 1. The van der Waals surface area contributed by atoms with E-state index in [4.69, 9.17) is 11.6 Å². The summed E-state index contributed by atoms with van der Waals surface area (Å²) in [5.41, 5.74) is 5.85. The molecule has 1 N–H and O–H groups in total. The number of benzene rings is 3. The Morgan fingerprint density at radius 3 is 1.88 bits per heavy atom. The third kappa shape index (κ3) is 3.52. The molecule has 1 nitrogen and oxygen atoms in total. The van der Waals surface area contributed by atoms with Crippen molar-refractivity contribution in [3.63, 3.8) is 0 Å². The van der Waals surface area contributed by atoms with E-state index in [1.165, 1.54) is 11.1 Å². The van der Waals surface area contributed by atoms with Gasteiger partial charge in [-0.25, -0.2) is 0 Å². The average molecular weight is 335 g/mol. The van der Waals surface area contributed by atoms with Gasteiger partial charge in [0.15, 0.2) is 0 Å². The standard InChI is InChI=1S/C22H19ClO/c1-2-21(16-8-12-19(23)13-9-16)22(17-6-4-3-5-7-17)18-10-14-20(24)15-11-18/h3-15,24H,2H2,1H3/b22-21+. The lowest BCUT2D eigenvalue weighted by atomic mass is 9.88. The first-order valence-electron chi connectivity index (χ1n) is 8.03. The Kier molecular flexibility index (Phi) is 5.02. The molecule has 0 heterocycles. The Hall–Kier alpha value is -2.51. The van der Waals surface area contributed by atoms with Crippen LogP contribution < -0.4 is 0 Å². The zero-order valence-corrected chi connectivity index (χ0v) is 14.3. The largest absolute Gasteiger partial charge is 0.508 e. The Morgan fingerprint density at radius 2 is 1.29 bits per heavy atom. The normalized spacial score (nSPS) is 11.9. The molecule has 0 aliphatic heterocycles. The molecule has 0 radical (unpaired) electrons. The van der Waals surface area contributed by atoms with Gasteiger partial charge in [0.25, 0.3) is 0 Å². The predicted molar refractivity (Wildman–Crippen MR) is 102 cm³/mol. The highest BCUT2D eigenvalue weighted by molar-refractivity contribution is 6.30. The highest BCUT2D eigenvalue weighted by Gasteiger charge is 2.12. The fourth-order valence-corrected chi connectivity index (χ4v) is 3.05. The van der Waals surface area contributed by atoms with Crippen molar-refractivity contribution in [3.05, 3.63) is 101 Å². The summed E-state index contributed by atoms with van der Waals surface area (Å²) in [6, 6.07) is 25.7. The third-order valence-electron chi connectivity index (χ3n) is 4.07. The fourth-order valence-electron chi connectivity index (χ4n) is 2.92. The van der Waals surface area contributed by atoms with Crippen LogP contribution in [0.25, 0.3) is 11.1 Å². The Labute approximate surface area is 147 Å². The maximum Gasteiger partial charge on any atom is 0.115 e. The van der Waals surface area contributed by atoms with Gasteiger partial charge in [0.1, 0.15) is 5.75 Å². The Balaban J connectivity index is 2.25. The van der Waals surface area contributed by atoms with Crippen molar-refractivity contribution in [2.45, 2.75) is 13.3 Å². The molecule has 2 heteroatoms. The molecule has 0 unspecified atom stereocenters. The maximum atomic E-state index is 9.62. The highest BCUT2D eigenvalue weighted by atomic mass is 35.5. The third-order valence-corrected chi connectivity index (χ3v) is 4.32. The maximum absolute atomic E-state index is 9.62. The van der Waals surface area contributed by atoms with Gasteiger partial charge in [-0.3, -0.25) is 0 Å². The van der Waals surface area contributed by atoms with Crippen LogP contribution >= 0.6 is 11.6 Å². The van der Waals surface area contributed by atoms with Gasteiger partial charge in [0, 0.05) is 5.02 Å². The lowest BCUT2D eigenvalue weighted by Gasteiger charge is -2.16. The van der Waals surface area contributed by atoms with Crippen molar-refractivity contribution >= 4 is 22.7 Å². The van der Waals surface area contributed by atoms with E-state index >= 15 is 0 Å². The molecule has 0 aliphatic carbocycles. The minimum Gasteiger partial charge on any atom is -0.508 e. The van der Waals surface area contributed by atoms with E-state index in [1.807, 2.05) is 42.5 Å². The predicted octanol–water partition coefficient (Wildman–Crippen LogP) is 6.41. The van der Waals surface area contributed by atoms with Gasteiger partial charge >= 0.3 is 0 Å². The number of phenolic OH excluding ortho intramolecular Hbond substituents is 1. The summed E-state index contributed by atoms with van der Waals surface area (Å²) < 4.78 is 0. The first-order valence-corrected chi connectivity index (χ1v) is 8.40. The second kappa shape index (κ2) is 7.37. The van der Waals surface area contributed by atoms with Crippen LogP contribution in [0.1, 0.15) is 30.0 Å². The SMILES string of the molecule is CC/C(=C(/c1ccccc1)c1ccc(O)cc1)c1ccc(Cl)cc1. The van der Waals surface area contributed by atoms with Gasteiger partial charge in [-0.15, -0.1) is 0 Å². The molecular weight excluding hydrogens is 316 g/mol. The molecule has 0 saturated heterocycles. The molecule has 120 valence electrons. The minimum atomic E-state index is 0.274. The Morgan fingerprint density at radius 1 is 0.750 bits per heavy atom. The summed E-state index contributed by atoms with van der Waals surface area (Å²) in [5.74, 6) is 0.274. The second-order valence-electron chi connectivity index (χ2n) is 5.63. The van der Waals surface area contributed by atoms with E-state index in [0.29, 0.717) is 0 Å². The first-order chi connectivity index (χ1) is 11.7.